The maximum atomic E-state index is 13.4. The molecule has 0 saturated heterocycles. The summed E-state index contributed by atoms with van der Waals surface area (Å²) in [7, 11) is 0. The van der Waals surface area contributed by atoms with Crippen LogP contribution in [0, 0.1) is 0 Å². The molecule has 0 unspecified atom stereocenters. The Kier molecular flexibility index (Phi) is 5.90. The lowest BCUT2D eigenvalue weighted by molar-refractivity contribution is 0.0553. The van der Waals surface area contributed by atoms with E-state index in [9.17, 15) is 9.90 Å². The molecule has 0 spiro atoms. The van der Waals surface area contributed by atoms with Crippen molar-refractivity contribution in [1.29, 1.82) is 0 Å². The fourth-order valence-corrected chi connectivity index (χ4v) is 6.39. The third-order valence-corrected chi connectivity index (χ3v) is 8.72. The van der Waals surface area contributed by atoms with Crippen molar-refractivity contribution in [2.24, 2.45) is 0 Å². The summed E-state index contributed by atoms with van der Waals surface area (Å²) in [5, 5.41) is 14.8. The van der Waals surface area contributed by atoms with Gasteiger partial charge in [-0.3, -0.25) is 9.69 Å². The number of nitrogens with one attached hydrogen (secondary N) is 1. The van der Waals surface area contributed by atoms with E-state index in [1.807, 2.05) is 12.1 Å². The van der Waals surface area contributed by atoms with Gasteiger partial charge >= 0.3 is 0 Å². The topological polar surface area (TPSA) is 101 Å². The van der Waals surface area contributed by atoms with E-state index < -0.39 is 5.60 Å². The first-order chi connectivity index (χ1) is 19.4. The minimum atomic E-state index is -1.00. The number of rotatable bonds is 7. The molecule has 7 rings (SSSR count). The van der Waals surface area contributed by atoms with Gasteiger partial charge in [-0.15, -0.1) is 6.58 Å². The molecule has 1 aliphatic heterocycles. The van der Waals surface area contributed by atoms with E-state index >= 15 is 0 Å². The Morgan fingerprint density at radius 1 is 1.20 bits per heavy atom. The lowest BCUT2D eigenvalue weighted by Crippen LogP contribution is -2.30. The molecule has 1 aromatic carbocycles. The number of likely N-dealkylation sites (N-methyl/N-ethyl adjacent to an activating group) is 1. The molecule has 2 aliphatic carbocycles. The lowest BCUT2D eigenvalue weighted by Gasteiger charge is -2.30. The van der Waals surface area contributed by atoms with Gasteiger partial charge in [0, 0.05) is 25.0 Å². The van der Waals surface area contributed by atoms with Crippen LogP contribution >= 0.6 is 0 Å². The molecular formula is C31H35N7O2. The van der Waals surface area contributed by atoms with Crippen LogP contribution in [-0.2, 0) is 31.5 Å². The molecular weight excluding hydrogens is 502 g/mol. The van der Waals surface area contributed by atoms with E-state index in [4.69, 9.17) is 9.97 Å². The summed E-state index contributed by atoms with van der Waals surface area (Å²) >= 11 is 0. The van der Waals surface area contributed by atoms with Gasteiger partial charge in [0.25, 0.3) is 5.56 Å². The highest BCUT2D eigenvalue weighted by Crippen LogP contribution is 2.45. The molecule has 4 heterocycles. The number of benzene rings is 1. The number of aliphatic hydroxyl groups is 1. The highest BCUT2D eigenvalue weighted by atomic mass is 16.3. The first-order valence-electron chi connectivity index (χ1n) is 14.3. The molecule has 1 fully saturated rings. The van der Waals surface area contributed by atoms with Crippen LogP contribution in [0.4, 0.5) is 11.6 Å². The van der Waals surface area contributed by atoms with E-state index in [0.717, 1.165) is 43.7 Å². The average Bonchev–Trinajstić information content (AvgIpc) is 3.71. The number of aryl methyl sites for hydroxylation is 1. The van der Waals surface area contributed by atoms with E-state index in [0.29, 0.717) is 40.8 Å². The zero-order chi connectivity index (χ0) is 27.6. The number of nitrogens with zero attached hydrogens (tertiary/aromatic N) is 6. The van der Waals surface area contributed by atoms with Crippen molar-refractivity contribution < 1.29 is 5.11 Å². The summed E-state index contributed by atoms with van der Waals surface area (Å²) in [4.78, 5) is 30.1. The van der Waals surface area contributed by atoms with Gasteiger partial charge in [-0.1, -0.05) is 19.1 Å². The van der Waals surface area contributed by atoms with Crippen LogP contribution in [0.1, 0.15) is 67.0 Å². The first-order valence-corrected chi connectivity index (χ1v) is 14.3. The van der Waals surface area contributed by atoms with Gasteiger partial charge in [-0.05, 0) is 91.9 Å². The smallest absolute Gasteiger partial charge is 0.278 e. The summed E-state index contributed by atoms with van der Waals surface area (Å²) in [6, 6.07) is 8.38. The van der Waals surface area contributed by atoms with Gasteiger partial charge in [0.05, 0.1) is 12.2 Å². The fraction of sp³-hybridized carbons (Fsp3) is 0.419. The molecule has 206 valence electrons. The van der Waals surface area contributed by atoms with Crippen LogP contribution in [0.5, 0.6) is 0 Å². The maximum absolute atomic E-state index is 13.4. The molecule has 40 heavy (non-hydrogen) atoms. The molecule has 3 aromatic heterocycles. The summed E-state index contributed by atoms with van der Waals surface area (Å²) in [6.07, 6.45) is 8.27. The predicted molar refractivity (Wildman–Crippen MR) is 155 cm³/mol. The van der Waals surface area contributed by atoms with Crippen LogP contribution in [0.3, 0.4) is 0 Å². The minimum Gasteiger partial charge on any atom is -0.384 e. The molecule has 4 aromatic rings. The van der Waals surface area contributed by atoms with Crippen molar-refractivity contribution in [2.75, 3.05) is 18.4 Å². The number of aromatic nitrogens is 5. The molecule has 1 atom stereocenters. The van der Waals surface area contributed by atoms with Crippen molar-refractivity contribution in [3.05, 3.63) is 81.4 Å². The third kappa shape index (κ3) is 4.15. The Bertz CT molecular complexity index is 1710. The Hall–Kier alpha value is -3.82. The van der Waals surface area contributed by atoms with Crippen molar-refractivity contribution >= 4 is 22.7 Å². The Labute approximate surface area is 233 Å². The van der Waals surface area contributed by atoms with Crippen LogP contribution in [0.15, 0.2) is 47.9 Å². The van der Waals surface area contributed by atoms with Crippen molar-refractivity contribution in [2.45, 2.75) is 70.6 Å². The Balaban J connectivity index is 1.32. The number of fused-ring (bicyclic) bond motifs is 3. The number of pyridine rings is 1. The van der Waals surface area contributed by atoms with Gasteiger partial charge < -0.3 is 10.4 Å². The Morgan fingerprint density at radius 3 is 2.83 bits per heavy atom. The van der Waals surface area contributed by atoms with Gasteiger partial charge in [0.2, 0.25) is 5.95 Å². The number of hydrogen-bond donors (Lipinski definition) is 2. The van der Waals surface area contributed by atoms with Crippen molar-refractivity contribution in [3.8, 4) is 5.82 Å². The maximum Gasteiger partial charge on any atom is 0.278 e. The number of hydrogen-bond acceptors (Lipinski definition) is 7. The molecule has 0 radical (unpaired) electrons. The second-order valence-electron chi connectivity index (χ2n) is 11.6. The van der Waals surface area contributed by atoms with Crippen molar-refractivity contribution in [3.63, 3.8) is 0 Å². The molecule has 3 aliphatic rings. The third-order valence-electron chi connectivity index (χ3n) is 8.72. The number of allylic oxidation sites excluding steroid dienone is 1. The number of anilines is 2. The molecule has 0 amide bonds. The second-order valence-corrected chi connectivity index (χ2v) is 11.6. The minimum absolute atomic E-state index is 0.208. The largest absolute Gasteiger partial charge is 0.384 e. The SMILES string of the molecule is C=CCn1c(=O)c2cnc(Nc3cc4c(c(C5CC5)c3)CCN(CC)C4)nc2n1-c1ccc2c(n1)[C@@](C)(O)CC2. The quantitative estimate of drug-likeness (QED) is 0.339. The molecule has 1 saturated carbocycles. The first kappa shape index (κ1) is 25.2. The zero-order valence-corrected chi connectivity index (χ0v) is 23.2. The highest BCUT2D eigenvalue weighted by Gasteiger charge is 2.34. The van der Waals surface area contributed by atoms with E-state index in [-0.39, 0.29) is 12.1 Å². The lowest BCUT2D eigenvalue weighted by atomic mass is 9.91. The van der Waals surface area contributed by atoms with E-state index in [2.05, 4.69) is 40.8 Å². The summed E-state index contributed by atoms with van der Waals surface area (Å²) in [5.74, 6) is 1.60. The van der Waals surface area contributed by atoms with Crippen LogP contribution in [-0.4, -0.2) is 47.4 Å². The zero-order valence-electron chi connectivity index (χ0n) is 23.2. The average molecular weight is 538 g/mol. The molecule has 2 N–H and O–H groups in total. The second kappa shape index (κ2) is 9.38. The summed E-state index contributed by atoms with van der Waals surface area (Å²) < 4.78 is 3.29. The van der Waals surface area contributed by atoms with Crippen LogP contribution in [0.25, 0.3) is 16.9 Å². The van der Waals surface area contributed by atoms with Gasteiger partial charge in [-0.25, -0.2) is 19.3 Å². The summed E-state index contributed by atoms with van der Waals surface area (Å²) in [6.45, 7) is 11.3. The van der Waals surface area contributed by atoms with Crippen LogP contribution < -0.4 is 10.9 Å². The highest BCUT2D eigenvalue weighted by molar-refractivity contribution is 5.77. The van der Waals surface area contributed by atoms with Crippen molar-refractivity contribution in [1.82, 2.24) is 29.2 Å². The predicted octanol–water partition coefficient (Wildman–Crippen LogP) is 4.32. The molecule has 9 heteroatoms. The summed E-state index contributed by atoms with van der Waals surface area (Å²) in [5.41, 5.74) is 6.27. The van der Waals surface area contributed by atoms with Gasteiger partial charge in [0.15, 0.2) is 11.5 Å². The van der Waals surface area contributed by atoms with E-state index in [1.165, 1.54) is 29.5 Å². The monoisotopic (exact) mass is 537 g/mol. The fourth-order valence-electron chi connectivity index (χ4n) is 6.39. The van der Waals surface area contributed by atoms with E-state index in [1.54, 1.807) is 28.6 Å². The van der Waals surface area contributed by atoms with Gasteiger partial charge in [0.1, 0.15) is 11.0 Å². The molecule has 9 nitrogen and oxygen atoms in total. The standard InChI is InChI=1S/C31H35N7O2/c1-4-13-37-29(39)25-17-32-30(35-28(25)38(37)26-9-8-20-10-12-31(3,40)27(20)34-26)33-22-15-21-18-36(5-2)14-11-23(21)24(16-22)19-6-7-19/h4,8-9,15-17,19,40H,1,5-7,10-14,18H2,2-3H3,(H,32,33,35)/t31-/m0/s1. The Morgan fingerprint density at radius 2 is 2.05 bits per heavy atom. The normalized spacial score (nSPS) is 20.5. The molecule has 0 bridgehead atoms. The van der Waals surface area contributed by atoms with Gasteiger partial charge in [-0.2, -0.15) is 4.98 Å². The van der Waals surface area contributed by atoms with Crippen LogP contribution in [0.2, 0.25) is 0 Å².